The molecular formula is C22H28ClFN4O3. The fourth-order valence-corrected chi connectivity index (χ4v) is 3.20. The van der Waals surface area contributed by atoms with Crippen LogP contribution in [0.15, 0.2) is 45.6 Å². The Morgan fingerprint density at radius 3 is 2.48 bits per heavy atom. The van der Waals surface area contributed by atoms with Crippen LogP contribution < -0.4 is 16.0 Å². The van der Waals surface area contributed by atoms with E-state index >= 15 is 0 Å². The first-order chi connectivity index (χ1) is 15.0. The van der Waals surface area contributed by atoms with E-state index in [4.69, 9.17) is 16.0 Å². The number of oxazole rings is 1. The summed E-state index contributed by atoms with van der Waals surface area (Å²) in [6.45, 7) is 9.75. The summed E-state index contributed by atoms with van der Waals surface area (Å²) in [5.74, 6) is -0.819. The van der Waals surface area contributed by atoms with E-state index < -0.39 is 11.6 Å². The Morgan fingerprint density at radius 2 is 1.87 bits per heavy atom. The Bertz CT molecular complexity index is 1030. The number of carbonyl (C=O) groups excluding carboxylic acids is 1. The molecule has 2 aromatic carbocycles. The number of aromatic nitrogens is 1. The Labute approximate surface area is 185 Å². The second kappa shape index (κ2) is 12.0. The van der Waals surface area contributed by atoms with Gasteiger partial charge in [-0.1, -0.05) is 25.4 Å². The van der Waals surface area contributed by atoms with Gasteiger partial charge < -0.3 is 19.5 Å². The molecule has 2 N–H and O–H groups in total. The summed E-state index contributed by atoms with van der Waals surface area (Å²) in [5.41, 5.74) is 3.17. The number of carbonyl (C=O) groups is 1. The molecule has 1 amide bonds. The monoisotopic (exact) mass is 450 g/mol. The molecule has 0 atom stereocenters. The third-order valence-electron chi connectivity index (χ3n) is 4.53. The van der Waals surface area contributed by atoms with Gasteiger partial charge in [-0.05, 0) is 37.3 Å². The number of anilines is 2. The number of hydrogen-bond acceptors (Lipinski definition) is 5. The van der Waals surface area contributed by atoms with Gasteiger partial charge in [-0.25, -0.2) is 9.18 Å². The molecule has 0 radical (unpaired) electrons. The molecule has 2 heterocycles. The number of rotatable bonds is 4. The van der Waals surface area contributed by atoms with E-state index in [1.54, 1.807) is 23.1 Å². The summed E-state index contributed by atoms with van der Waals surface area (Å²) < 4.78 is 17.9. The van der Waals surface area contributed by atoms with E-state index in [1.807, 2.05) is 32.9 Å². The van der Waals surface area contributed by atoms with Gasteiger partial charge in [-0.2, -0.15) is 0 Å². The molecule has 1 saturated heterocycles. The summed E-state index contributed by atoms with van der Waals surface area (Å²) >= 11 is 5.72. The van der Waals surface area contributed by atoms with Crippen molar-refractivity contribution in [3.8, 4) is 0 Å². The van der Waals surface area contributed by atoms with Crippen molar-refractivity contribution in [2.75, 3.05) is 42.9 Å². The number of halogens is 2. The lowest BCUT2D eigenvalue weighted by molar-refractivity contribution is -0.118. The third-order valence-corrected chi connectivity index (χ3v) is 4.82. The first kappa shape index (κ1) is 24.3. The molecule has 0 spiro atoms. The van der Waals surface area contributed by atoms with Gasteiger partial charge in [0.1, 0.15) is 5.82 Å². The SMILES string of the molecule is CC.CCNc1ccc2[nH]c(=O)oc2c1.O=CN1CCN(c2ccc(F)c(Cl)c2)CC1. The molecule has 7 nitrogen and oxygen atoms in total. The van der Waals surface area contributed by atoms with Crippen molar-refractivity contribution in [1.29, 1.82) is 0 Å². The molecule has 1 aliphatic rings. The fraction of sp³-hybridized carbons (Fsp3) is 0.364. The summed E-state index contributed by atoms with van der Waals surface area (Å²) in [4.78, 5) is 27.7. The number of fused-ring (bicyclic) bond motifs is 1. The number of nitrogens with one attached hydrogen (secondary N) is 2. The molecule has 31 heavy (non-hydrogen) atoms. The number of hydrogen-bond donors (Lipinski definition) is 2. The predicted octanol–water partition coefficient (Wildman–Crippen LogP) is 4.34. The average Bonchev–Trinajstić information content (AvgIpc) is 3.17. The van der Waals surface area contributed by atoms with Crippen molar-refractivity contribution in [3.05, 3.63) is 57.8 Å². The molecular weight excluding hydrogens is 423 g/mol. The van der Waals surface area contributed by atoms with E-state index in [1.165, 1.54) is 6.07 Å². The molecule has 9 heteroatoms. The summed E-state index contributed by atoms with van der Waals surface area (Å²) in [6, 6.07) is 10.2. The van der Waals surface area contributed by atoms with Crippen molar-refractivity contribution < 1.29 is 13.6 Å². The van der Waals surface area contributed by atoms with Gasteiger partial charge in [0.05, 0.1) is 10.5 Å². The maximum atomic E-state index is 13.0. The Hall–Kier alpha value is -3.00. The van der Waals surface area contributed by atoms with Gasteiger partial charge >= 0.3 is 5.76 Å². The number of H-pyrrole nitrogens is 1. The molecule has 1 aromatic heterocycles. The topological polar surface area (TPSA) is 81.6 Å². The zero-order valence-electron chi connectivity index (χ0n) is 18.0. The molecule has 0 saturated carbocycles. The highest BCUT2D eigenvalue weighted by Crippen LogP contribution is 2.23. The Kier molecular flexibility index (Phi) is 9.40. The van der Waals surface area contributed by atoms with Crippen molar-refractivity contribution >= 4 is 40.5 Å². The lowest BCUT2D eigenvalue weighted by atomic mass is 10.2. The van der Waals surface area contributed by atoms with E-state index in [2.05, 4.69) is 15.2 Å². The quantitative estimate of drug-likeness (QED) is 0.578. The highest BCUT2D eigenvalue weighted by Gasteiger charge is 2.16. The minimum Gasteiger partial charge on any atom is -0.408 e. The fourth-order valence-electron chi connectivity index (χ4n) is 3.03. The van der Waals surface area contributed by atoms with Gasteiger partial charge in [0.25, 0.3) is 0 Å². The highest BCUT2D eigenvalue weighted by molar-refractivity contribution is 6.31. The summed E-state index contributed by atoms with van der Waals surface area (Å²) in [6.07, 6.45) is 0.856. The van der Waals surface area contributed by atoms with Gasteiger partial charge in [0.2, 0.25) is 6.41 Å². The van der Waals surface area contributed by atoms with Gasteiger partial charge in [-0.3, -0.25) is 9.78 Å². The van der Waals surface area contributed by atoms with Crippen LogP contribution in [0.2, 0.25) is 5.02 Å². The molecule has 1 aliphatic heterocycles. The van der Waals surface area contributed by atoms with Crippen LogP contribution in [0.25, 0.3) is 11.1 Å². The van der Waals surface area contributed by atoms with Crippen LogP contribution in [-0.2, 0) is 4.79 Å². The second-order valence-electron chi connectivity index (χ2n) is 6.48. The zero-order chi connectivity index (χ0) is 22.8. The smallest absolute Gasteiger partial charge is 0.408 e. The third kappa shape index (κ3) is 6.75. The van der Waals surface area contributed by atoms with Crippen molar-refractivity contribution in [3.63, 3.8) is 0 Å². The van der Waals surface area contributed by atoms with Crippen molar-refractivity contribution in [2.24, 2.45) is 0 Å². The maximum absolute atomic E-state index is 13.0. The van der Waals surface area contributed by atoms with E-state index in [0.717, 1.165) is 42.9 Å². The Morgan fingerprint density at radius 1 is 1.16 bits per heavy atom. The largest absolute Gasteiger partial charge is 0.417 e. The van der Waals surface area contributed by atoms with Gasteiger partial charge in [0.15, 0.2) is 5.58 Å². The second-order valence-corrected chi connectivity index (χ2v) is 6.89. The number of aromatic amines is 1. The van der Waals surface area contributed by atoms with Crippen LogP contribution in [0.5, 0.6) is 0 Å². The van der Waals surface area contributed by atoms with Crippen LogP contribution in [-0.4, -0.2) is 49.0 Å². The molecule has 0 bridgehead atoms. The number of benzene rings is 2. The van der Waals surface area contributed by atoms with Crippen LogP contribution in [0.4, 0.5) is 15.8 Å². The average molecular weight is 451 g/mol. The van der Waals surface area contributed by atoms with Gasteiger partial charge in [0, 0.05) is 50.2 Å². The number of piperazine rings is 1. The molecule has 1 fully saturated rings. The lowest BCUT2D eigenvalue weighted by Gasteiger charge is -2.34. The minimum atomic E-state index is -0.413. The maximum Gasteiger partial charge on any atom is 0.417 e. The first-order valence-electron chi connectivity index (χ1n) is 10.3. The van der Waals surface area contributed by atoms with Crippen molar-refractivity contribution in [1.82, 2.24) is 9.88 Å². The number of nitrogens with zero attached hydrogens (tertiary/aromatic N) is 2. The minimum absolute atomic E-state index is 0.135. The normalized spacial score (nSPS) is 13.1. The zero-order valence-corrected chi connectivity index (χ0v) is 18.7. The summed E-state index contributed by atoms with van der Waals surface area (Å²) in [5, 5.41) is 3.27. The summed E-state index contributed by atoms with van der Waals surface area (Å²) in [7, 11) is 0. The molecule has 168 valence electrons. The molecule has 3 aromatic rings. The first-order valence-corrected chi connectivity index (χ1v) is 10.6. The number of amides is 1. The molecule has 0 unspecified atom stereocenters. The standard InChI is InChI=1S/C11H12ClFN2O.C9H10N2O2.C2H6/c12-10-7-9(1-2-11(10)13)15-5-3-14(8-16)4-6-15;1-2-10-6-3-4-7-8(5-6)13-9(12)11-7;1-2/h1-2,7-8H,3-6H2;3-5,10H,2H2,1H3,(H,11,12);1-2H3. The van der Waals surface area contributed by atoms with Crippen molar-refractivity contribution in [2.45, 2.75) is 20.8 Å². The molecule has 4 rings (SSSR count). The highest BCUT2D eigenvalue weighted by atomic mass is 35.5. The van der Waals surface area contributed by atoms with Crippen LogP contribution in [0.1, 0.15) is 20.8 Å². The predicted molar refractivity (Wildman–Crippen MR) is 124 cm³/mol. The van der Waals surface area contributed by atoms with Crippen LogP contribution in [0.3, 0.4) is 0 Å². The van der Waals surface area contributed by atoms with E-state index in [-0.39, 0.29) is 5.02 Å². The Balaban J connectivity index is 0.000000208. The van der Waals surface area contributed by atoms with E-state index in [9.17, 15) is 14.0 Å². The van der Waals surface area contributed by atoms with E-state index in [0.29, 0.717) is 18.7 Å². The molecule has 0 aliphatic carbocycles. The van der Waals surface area contributed by atoms with Crippen LogP contribution >= 0.6 is 11.6 Å². The van der Waals surface area contributed by atoms with Gasteiger partial charge in [-0.15, -0.1) is 0 Å². The van der Waals surface area contributed by atoms with Crippen LogP contribution in [0, 0.1) is 5.82 Å². The lowest BCUT2D eigenvalue weighted by Crippen LogP contribution is -2.45.